The van der Waals surface area contributed by atoms with Gasteiger partial charge in [-0.05, 0) is 47.5 Å². The lowest BCUT2D eigenvalue weighted by molar-refractivity contribution is 0.363. The monoisotopic (exact) mass is 378 g/mol. The van der Waals surface area contributed by atoms with Crippen LogP contribution in [0.5, 0.6) is 5.75 Å². The van der Waals surface area contributed by atoms with E-state index < -0.39 is 0 Å². The standard InChI is InChI=1S/C24H18N4O/c1-2-15-29-19-9-7-17(8-10-19)18-12-14-28-23(16-18)26-27-24(28)21-11-13-25-22-6-4-3-5-20(21)22/h2-14,16H,1,15H2. The van der Waals surface area contributed by atoms with Gasteiger partial charge in [-0.2, -0.15) is 0 Å². The molecule has 0 aliphatic rings. The number of para-hydroxylation sites is 1. The first-order valence-corrected chi connectivity index (χ1v) is 9.36. The highest BCUT2D eigenvalue weighted by molar-refractivity contribution is 5.92. The summed E-state index contributed by atoms with van der Waals surface area (Å²) in [6.07, 6.45) is 5.55. The van der Waals surface area contributed by atoms with Gasteiger partial charge in [0.25, 0.3) is 0 Å². The van der Waals surface area contributed by atoms with Gasteiger partial charge in [-0.25, -0.2) is 0 Å². The molecule has 0 amide bonds. The highest BCUT2D eigenvalue weighted by Gasteiger charge is 2.12. The normalized spacial score (nSPS) is 11.0. The van der Waals surface area contributed by atoms with Gasteiger partial charge in [0.05, 0.1) is 5.52 Å². The van der Waals surface area contributed by atoms with Crippen LogP contribution in [0.1, 0.15) is 0 Å². The number of ether oxygens (including phenoxy) is 1. The van der Waals surface area contributed by atoms with Crippen LogP contribution in [0.3, 0.4) is 0 Å². The van der Waals surface area contributed by atoms with Crippen molar-refractivity contribution in [2.45, 2.75) is 0 Å². The second kappa shape index (κ2) is 7.20. The van der Waals surface area contributed by atoms with E-state index in [1.807, 2.05) is 71.4 Å². The van der Waals surface area contributed by atoms with Crippen LogP contribution in [-0.4, -0.2) is 26.2 Å². The van der Waals surface area contributed by atoms with Crippen LogP contribution in [0.2, 0.25) is 0 Å². The highest BCUT2D eigenvalue weighted by atomic mass is 16.5. The average molecular weight is 378 g/mol. The molecule has 0 saturated carbocycles. The minimum Gasteiger partial charge on any atom is -0.490 e. The Hall–Kier alpha value is -3.99. The van der Waals surface area contributed by atoms with E-state index in [1.165, 1.54) is 0 Å². The highest BCUT2D eigenvalue weighted by Crippen LogP contribution is 2.28. The van der Waals surface area contributed by atoms with Gasteiger partial charge in [0, 0.05) is 23.3 Å². The van der Waals surface area contributed by atoms with Crippen LogP contribution in [0.4, 0.5) is 0 Å². The fourth-order valence-electron chi connectivity index (χ4n) is 3.44. The van der Waals surface area contributed by atoms with Crippen LogP contribution >= 0.6 is 0 Å². The zero-order valence-corrected chi connectivity index (χ0v) is 15.7. The lowest BCUT2D eigenvalue weighted by Crippen LogP contribution is -1.93. The van der Waals surface area contributed by atoms with E-state index in [9.17, 15) is 0 Å². The smallest absolute Gasteiger partial charge is 0.169 e. The number of fused-ring (bicyclic) bond motifs is 2. The molecule has 0 saturated heterocycles. The Labute approximate surface area is 167 Å². The lowest BCUT2D eigenvalue weighted by atomic mass is 10.1. The minimum atomic E-state index is 0.498. The molecule has 0 spiro atoms. The van der Waals surface area contributed by atoms with Crippen LogP contribution < -0.4 is 4.74 Å². The van der Waals surface area contributed by atoms with Crippen molar-refractivity contribution in [1.29, 1.82) is 0 Å². The van der Waals surface area contributed by atoms with Crippen molar-refractivity contribution < 1.29 is 4.74 Å². The Morgan fingerprint density at radius 3 is 2.66 bits per heavy atom. The molecule has 5 aromatic rings. The van der Waals surface area contributed by atoms with Crippen molar-refractivity contribution in [3.63, 3.8) is 0 Å². The predicted molar refractivity (Wildman–Crippen MR) is 115 cm³/mol. The first kappa shape index (κ1) is 17.1. The number of pyridine rings is 2. The molecule has 2 aromatic carbocycles. The van der Waals surface area contributed by atoms with Crippen LogP contribution in [-0.2, 0) is 0 Å². The number of hydrogen-bond donors (Lipinski definition) is 0. The number of benzene rings is 2. The summed E-state index contributed by atoms with van der Waals surface area (Å²) in [5, 5.41) is 9.92. The molecule has 0 radical (unpaired) electrons. The summed E-state index contributed by atoms with van der Waals surface area (Å²) in [7, 11) is 0. The summed E-state index contributed by atoms with van der Waals surface area (Å²) in [6, 6.07) is 22.2. The summed E-state index contributed by atoms with van der Waals surface area (Å²) in [5.41, 5.74) is 4.92. The molecule has 3 heterocycles. The number of rotatable bonds is 5. The zero-order valence-electron chi connectivity index (χ0n) is 15.7. The van der Waals surface area contributed by atoms with Gasteiger partial charge in [-0.1, -0.05) is 43.0 Å². The summed E-state index contributed by atoms with van der Waals surface area (Å²) < 4.78 is 7.56. The molecule has 0 unspecified atom stereocenters. The third-order valence-electron chi connectivity index (χ3n) is 4.86. The summed E-state index contributed by atoms with van der Waals surface area (Å²) in [4.78, 5) is 4.44. The first-order chi connectivity index (χ1) is 14.3. The van der Waals surface area contributed by atoms with Gasteiger partial charge >= 0.3 is 0 Å². The molecule has 5 nitrogen and oxygen atoms in total. The van der Waals surface area contributed by atoms with E-state index in [-0.39, 0.29) is 0 Å². The van der Waals surface area contributed by atoms with E-state index in [0.29, 0.717) is 6.61 Å². The molecule has 0 aliphatic heterocycles. The van der Waals surface area contributed by atoms with Gasteiger partial charge in [-0.15, -0.1) is 10.2 Å². The molecule has 5 heteroatoms. The maximum Gasteiger partial charge on any atom is 0.169 e. The molecule has 0 N–H and O–H groups in total. The van der Waals surface area contributed by atoms with Gasteiger partial charge in [0.2, 0.25) is 0 Å². The fraction of sp³-hybridized carbons (Fsp3) is 0.0417. The Bertz CT molecular complexity index is 1320. The number of nitrogens with zero attached hydrogens (tertiary/aromatic N) is 4. The van der Waals surface area contributed by atoms with Gasteiger partial charge in [-0.3, -0.25) is 9.38 Å². The van der Waals surface area contributed by atoms with Crippen molar-refractivity contribution in [2.75, 3.05) is 6.61 Å². The van der Waals surface area contributed by atoms with E-state index in [4.69, 9.17) is 4.74 Å². The van der Waals surface area contributed by atoms with Crippen molar-refractivity contribution in [3.8, 4) is 28.3 Å². The Kier molecular flexibility index (Phi) is 4.26. The molecule has 0 aliphatic carbocycles. The van der Waals surface area contributed by atoms with Crippen molar-refractivity contribution >= 4 is 16.6 Å². The van der Waals surface area contributed by atoms with Crippen LogP contribution in [0.25, 0.3) is 39.1 Å². The molecular formula is C24H18N4O. The van der Waals surface area contributed by atoms with Crippen LogP contribution in [0, 0.1) is 0 Å². The topological polar surface area (TPSA) is 52.3 Å². The summed E-state index contributed by atoms with van der Waals surface area (Å²) in [6.45, 7) is 4.16. The lowest BCUT2D eigenvalue weighted by Gasteiger charge is -2.07. The zero-order chi connectivity index (χ0) is 19.6. The molecule has 5 rings (SSSR count). The maximum atomic E-state index is 5.55. The van der Waals surface area contributed by atoms with Gasteiger partial charge in [0.15, 0.2) is 11.5 Å². The predicted octanol–water partition coefficient (Wildman–Crippen LogP) is 5.18. The second-order valence-corrected chi connectivity index (χ2v) is 6.67. The Morgan fingerprint density at radius 2 is 1.79 bits per heavy atom. The van der Waals surface area contributed by atoms with E-state index in [1.54, 1.807) is 6.08 Å². The summed E-state index contributed by atoms with van der Waals surface area (Å²) in [5.74, 6) is 1.63. The third kappa shape index (κ3) is 3.12. The summed E-state index contributed by atoms with van der Waals surface area (Å²) >= 11 is 0. The molecule has 0 bridgehead atoms. The number of hydrogen-bond acceptors (Lipinski definition) is 4. The van der Waals surface area contributed by atoms with Crippen LogP contribution in [0.15, 0.2) is 91.8 Å². The number of aromatic nitrogens is 4. The molecule has 0 atom stereocenters. The molecular weight excluding hydrogens is 360 g/mol. The Balaban J connectivity index is 1.54. The largest absolute Gasteiger partial charge is 0.490 e. The maximum absolute atomic E-state index is 5.55. The second-order valence-electron chi connectivity index (χ2n) is 6.67. The van der Waals surface area contributed by atoms with Gasteiger partial charge < -0.3 is 4.74 Å². The van der Waals surface area contributed by atoms with Gasteiger partial charge in [0.1, 0.15) is 12.4 Å². The molecule has 140 valence electrons. The quantitative estimate of drug-likeness (QED) is 0.396. The third-order valence-corrected chi connectivity index (χ3v) is 4.86. The molecule has 29 heavy (non-hydrogen) atoms. The molecule has 0 fully saturated rings. The van der Waals surface area contributed by atoms with Crippen molar-refractivity contribution in [1.82, 2.24) is 19.6 Å². The van der Waals surface area contributed by atoms with Crippen molar-refractivity contribution in [3.05, 3.63) is 91.8 Å². The first-order valence-electron chi connectivity index (χ1n) is 9.36. The van der Waals surface area contributed by atoms with E-state index in [2.05, 4.69) is 33.9 Å². The van der Waals surface area contributed by atoms with E-state index >= 15 is 0 Å². The van der Waals surface area contributed by atoms with E-state index in [0.717, 1.165) is 44.8 Å². The van der Waals surface area contributed by atoms with Crippen molar-refractivity contribution in [2.24, 2.45) is 0 Å². The average Bonchev–Trinajstić information content (AvgIpc) is 3.21. The Morgan fingerprint density at radius 1 is 0.931 bits per heavy atom. The minimum absolute atomic E-state index is 0.498. The fourth-order valence-corrected chi connectivity index (χ4v) is 3.44. The molecule has 3 aromatic heterocycles. The SMILES string of the molecule is C=CCOc1ccc(-c2ccn3c(-c4ccnc5ccccc45)nnc3c2)cc1.